The minimum Gasteiger partial charge on any atom is -0.338 e. The molecular weight excluding hydrogens is 384 g/mol. The molecule has 6 nitrogen and oxygen atoms in total. The lowest BCUT2D eigenvalue weighted by molar-refractivity contribution is -0.917. The highest BCUT2D eigenvalue weighted by Gasteiger charge is 2.22. The van der Waals surface area contributed by atoms with Gasteiger partial charge in [-0.15, -0.1) is 0 Å². The van der Waals surface area contributed by atoms with Gasteiger partial charge in [-0.25, -0.2) is 0 Å². The predicted molar refractivity (Wildman–Crippen MR) is 111 cm³/mol. The van der Waals surface area contributed by atoms with Crippen molar-refractivity contribution in [3.05, 3.63) is 68.7 Å². The Balaban J connectivity index is 1.56. The largest absolute Gasteiger partial charge is 0.338 e. The number of aryl methyl sites for hydroxylation is 1. The van der Waals surface area contributed by atoms with Crippen molar-refractivity contribution < 1.29 is 9.82 Å². The number of rotatable bonds is 4. The van der Waals surface area contributed by atoms with Crippen LogP contribution in [0.2, 0.25) is 5.02 Å². The van der Waals surface area contributed by atoms with Crippen LogP contribution in [0.1, 0.15) is 11.1 Å². The van der Waals surface area contributed by atoms with Crippen molar-refractivity contribution in [1.29, 1.82) is 0 Å². The SMILES string of the molecule is Cc1cccc(C[NH+]2CCN(C(=S)Nc3cc([N+](=O)[O-])ccc3Cl)CC2)c1. The first kappa shape index (κ1) is 19.5. The fourth-order valence-corrected chi connectivity index (χ4v) is 3.69. The number of nitrogens with one attached hydrogen (secondary N) is 2. The summed E-state index contributed by atoms with van der Waals surface area (Å²) in [6.07, 6.45) is 0. The second-order valence-electron chi connectivity index (χ2n) is 6.75. The van der Waals surface area contributed by atoms with Crippen molar-refractivity contribution in [3.8, 4) is 0 Å². The Morgan fingerprint density at radius 1 is 1.30 bits per heavy atom. The van der Waals surface area contributed by atoms with Crippen LogP contribution in [0.25, 0.3) is 0 Å². The van der Waals surface area contributed by atoms with Crippen LogP contribution in [0.5, 0.6) is 0 Å². The van der Waals surface area contributed by atoms with E-state index in [-0.39, 0.29) is 5.69 Å². The number of piperazine rings is 1. The van der Waals surface area contributed by atoms with Crippen LogP contribution in [0.3, 0.4) is 0 Å². The summed E-state index contributed by atoms with van der Waals surface area (Å²) < 4.78 is 0. The number of hydrogen-bond acceptors (Lipinski definition) is 3. The Bertz CT molecular complexity index is 853. The van der Waals surface area contributed by atoms with Gasteiger partial charge in [0.25, 0.3) is 5.69 Å². The third kappa shape index (κ3) is 5.15. The van der Waals surface area contributed by atoms with Gasteiger partial charge in [-0.1, -0.05) is 41.4 Å². The fraction of sp³-hybridized carbons (Fsp3) is 0.316. The van der Waals surface area contributed by atoms with Gasteiger partial charge in [-0.05, 0) is 25.2 Å². The number of nitro benzene ring substituents is 1. The molecule has 1 aliphatic rings. The summed E-state index contributed by atoms with van der Waals surface area (Å²) in [5, 5.41) is 15.0. The van der Waals surface area contributed by atoms with Gasteiger partial charge in [0.15, 0.2) is 5.11 Å². The molecule has 1 heterocycles. The normalized spacial score (nSPS) is 14.8. The van der Waals surface area contributed by atoms with Crippen molar-refractivity contribution >= 4 is 40.3 Å². The Hall–Kier alpha value is -2.22. The van der Waals surface area contributed by atoms with Gasteiger partial charge in [-0.3, -0.25) is 10.1 Å². The van der Waals surface area contributed by atoms with E-state index in [1.165, 1.54) is 34.2 Å². The van der Waals surface area contributed by atoms with Gasteiger partial charge in [0.1, 0.15) is 6.54 Å². The maximum atomic E-state index is 10.9. The number of thiocarbonyl (C=S) groups is 1. The highest BCUT2D eigenvalue weighted by Crippen LogP contribution is 2.27. The third-order valence-electron chi connectivity index (χ3n) is 4.70. The smallest absolute Gasteiger partial charge is 0.271 e. The zero-order valence-electron chi connectivity index (χ0n) is 15.1. The van der Waals surface area contributed by atoms with E-state index in [0.717, 1.165) is 32.7 Å². The van der Waals surface area contributed by atoms with E-state index in [1.54, 1.807) is 0 Å². The molecule has 0 aliphatic carbocycles. The number of non-ortho nitro benzene ring substituents is 1. The number of anilines is 1. The van der Waals surface area contributed by atoms with Crippen LogP contribution >= 0.6 is 23.8 Å². The van der Waals surface area contributed by atoms with Gasteiger partial charge in [0, 0.05) is 17.7 Å². The van der Waals surface area contributed by atoms with Crippen LogP contribution < -0.4 is 10.2 Å². The average molecular weight is 406 g/mol. The first-order valence-corrected chi connectivity index (χ1v) is 9.60. The molecule has 2 aromatic carbocycles. The van der Waals surface area contributed by atoms with E-state index in [4.69, 9.17) is 23.8 Å². The maximum Gasteiger partial charge on any atom is 0.271 e. The summed E-state index contributed by atoms with van der Waals surface area (Å²) in [7, 11) is 0. The van der Waals surface area contributed by atoms with Gasteiger partial charge >= 0.3 is 0 Å². The molecule has 0 atom stereocenters. The number of nitro groups is 1. The molecule has 142 valence electrons. The molecule has 27 heavy (non-hydrogen) atoms. The summed E-state index contributed by atoms with van der Waals surface area (Å²) in [5.41, 5.74) is 3.08. The molecule has 0 spiro atoms. The summed E-state index contributed by atoms with van der Waals surface area (Å²) in [6.45, 7) is 6.75. The maximum absolute atomic E-state index is 10.9. The Morgan fingerprint density at radius 3 is 2.70 bits per heavy atom. The first-order valence-electron chi connectivity index (χ1n) is 8.81. The topological polar surface area (TPSA) is 62.8 Å². The number of quaternary nitrogens is 1. The number of hydrogen-bond donors (Lipinski definition) is 2. The minimum absolute atomic E-state index is 0.0166. The highest BCUT2D eigenvalue weighted by atomic mass is 35.5. The third-order valence-corrected chi connectivity index (χ3v) is 5.39. The number of halogens is 1. The van der Waals surface area contributed by atoms with Gasteiger partial charge in [0.2, 0.25) is 0 Å². The van der Waals surface area contributed by atoms with Crippen LogP contribution in [-0.2, 0) is 6.54 Å². The molecule has 0 unspecified atom stereocenters. The summed E-state index contributed by atoms with van der Waals surface area (Å²) in [4.78, 5) is 14.1. The van der Waals surface area contributed by atoms with Gasteiger partial charge < -0.3 is 15.1 Å². The van der Waals surface area contributed by atoms with Crippen LogP contribution in [0, 0.1) is 17.0 Å². The highest BCUT2D eigenvalue weighted by molar-refractivity contribution is 7.80. The molecule has 3 rings (SSSR count). The van der Waals surface area contributed by atoms with E-state index in [9.17, 15) is 10.1 Å². The molecule has 0 radical (unpaired) electrons. The summed E-state index contributed by atoms with van der Waals surface area (Å²) in [6, 6.07) is 12.9. The van der Waals surface area contributed by atoms with Crippen molar-refractivity contribution in [2.75, 3.05) is 31.5 Å². The molecule has 1 aliphatic heterocycles. The predicted octanol–water partition coefficient (Wildman–Crippen LogP) is 2.65. The fourth-order valence-electron chi connectivity index (χ4n) is 3.23. The summed E-state index contributed by atoms with van der Waals surface area (Å²) in [5.74, 6) is 0. The standard InChI is InChI=1S/C19H21ClN4O2S/c1-14-3-2-4-15(11-14)13-22-7-9-23(10-8-22)19(27)21-18-12-16(24(25)26)5-6-17(18)20/h2-6,11-12H,7-10,13H2,1H3,(H,21,27)/p+1. The van der Waals surface area contributed by atoms with E-state index < -0.39 is 4.92 Å². The van der Waals surface area contributed by atoms with E-state index in [1.807, 2.05) is 0 Å². The zero-order valence-corrected chi connectivity index (χ0v) is 16.6. The van der Waals surface area contributed by atoms with Gasteiger partial charge in [0.05, 0.1) is 41.8 Å². The lowest BCUT2D eigenvalue weighted by Crippen LogP contribution is -3.13. The monoisotopic (exact) mass is 405 g/mol. The van der Waals surface area contributed by atoms with Crippen LogP contribution in [-0.4, -0.2) is 41.1 Å². The average Bonchev–Trinajstić information content (AvgIpc) is 2.64. The van der Waals surface area contributed by atoms with E-state index >= 15 is 0 Å². The van der Waals surface area contributed by atoms with Crippen molar-refractivity contribution in [3.63, 3.8) is 0 Å². The lowest BCUT2D eigenvalue weighted by atomic mass is 10.1. The molecule has 0 amide bonds. The van der Waals surface area contributed by atoms with Crippen LogP contribution in [0.15, 0.2) is 42.5 Å². The molecule has 0 aromatic heterocycles. The Labute approximate surface area is 168 Å². The number of nitrogens with zero attached hydrogens (tertiary/aromatic N) is 2. The molecule has 2 N–H and O–H groups in total. The second kappa shape index (κ2) is 8.65. The zero-order chi connectivity index (χ0) is 19.4. The molecule has 1 fully saturated rings. The molecule has 2 aromatic rings. The van der Waals surface area contributed by atoms with Crippen molar-refractivity contribution in [2.45, 2.75) is 13.5 Å². The Kier molecular flexibility index (Phi) is 6.26. The Morgan fingerprint density at radius 2 is 2.04 bits per heavy atom. The molecule has 1 saturated heterocycles. The lowest BCUT2D eigenvalue weighted by Gasteiger charge is -2.34. The van der Waals surface area contributed by atoms with Crippen molar-refractivity contribution in [2.24, 2.45) is 0 Å². The van der Waals surface area contributed by atoms with Crippen molar-refractivity contribution in [1.82, 2.24) is 4.90 Å². The van der Waals surface area contributed by atoms with E-state index in [2.05, 4.69) is 41.4 Å². The first-order chi connectivity index (χ1) is 12.9. The van der Waals surface area contributed by atoms with E-state index in [0.29, 0.717) is 15.8 Å². The molecule has 0 saturated carbocycles. The molecule has 8 heteroatoms. The molecular formula is C19H22ClN4O2S+. The summed E-state index contributed by atoms with van der Waals surface area (Å²) >= 11 is 11.6. The second-order valence-corrected chi connectivity index (χ2v) is 7.55. The van der Waals surface area contributed by atoms with Crippen LogP contribution in [0.4, 0.5) is 11.4 Å². The van der Waals surface area contributed by atoms with Gasteiger partial charge in [-0.2, -0.15) is 0 Å². The number of benzene rings is 2. The molecule has 0 bridgehead atoms. The quantitative estimate of drug-likeness (QED) is 0.465. The minimum atomic E-state index is -0.446.